The first kappa shape index (κ1) is 29.0. The molecule has 2 amide bonds. The lowest BCUT2D eigenvalue weighted by atomic mass is 10.1. The van der Waals surface area contributed by atoms with Gasteiger partial charge in [-0.15, -0.1) is 0 Å². The Balaban J connectivity index is 1.52. The first-order valence-electron chi connectivity index (χ1n) is 12.9. The summed E-state index contributed by atoms with van der Waals surface area (Å²) in [5.74, 6) is -1.10. The molecule has 2 aromatic carbocycles. The number of ether oxygens (including phenoxy) is 1. The number of amides is 2. The summed E-state index contributed by atoms with van der Waals surface area (Å²) in [4.78, 5) is 22.9. The summed E-state index contributed by atoms with van der Waals surface area (Å²) in [7, 11) is -3.80. The molecular formula is C27H29F4N5O4S. The highest BCUT2D eigenvalue weighted by Crippen LogP contribution is 2.75. The van der Waals surface area contributed by atoms with Crippen LogP contribution in [-0.4, -0.2) is 63.9 Å². The highest BCUT2D eigenvalue weighted by Gasteiger charge is 2.58. The summed E-state index contributed by atoms with van der Waals surface area (Å²) >= 11 is 0. The predicted octanol–water partition coefficient (Wildman–Crippen LogP) is 5.83. The molecule has 5 rings (SSSR count). The smallest absolute Gasteiger partial charge is 0.319 e. The van der Waals surface area contributed by atoms with Crippen molar-refractivity contribution < 1.29 is 36.2 Å². The lowest BCUT2D eigenvalue weighted by Gasteiger charge is -2.41. The Bertz CT molecular complexity index is 1430. The third-order valence-electron chi connectivity index (χ3n) is 7.11. The van der Waals surface area contributed by atoms with Gasteiger partial charge >= 0.3 is 6.03 Å². The van der Waals surface area contributed by atoms with Crippen molar-refractivity contribution in [1.82, 2.24) is 15.3 Å². The standard InChI is InChI=1S/C27H29F4N5O4S/c1-16-15-40-11-10-36(16)24-13-22(27(8-9-27)41(38,39)21-7-4-18(28)12-20(21)29)34-25(35-24)17-2-5-19(6-3-17)33-26(37)32-14-23(30)31/h2-7,12-13,16,23,38-39H,8-11,14-15H2,1H3,(H2,32,33,37)/t16-/m0/s1. The molecule has 41 heavy (non-hydrogen) atoms. The van der Waals surface area contributed by atoms with E-state index in [9.17, 15) is 31.5 Å². The highest BCUT2D eigenvalue weighted by atomic mass is 32.3. The van der Waals surface area contributed by atoms with Crippen LogP contribution in [0, 0.1) is 11.6 Å². The van der Waals surface area contributed by atoms with Crippen LogP contribution in [0.15, 0.2) is 53.4 Å². The number of morpholine rings is 1. The largest absolute Gasteiger partial charge is 0.377 e. The number of alkyl halides is 2. The van der Waals surface area contributed by atoms with E-state index in [4.69, 9.17) is 9.72 Å². The fourth-order valence-corrected chi connectivity index (χ4v) is 6.85. The van der Waals surface area contributed by atoms with Gasteiger partial charge in [0.1, 0.15) is 22.2 Å². The molecule has 1 aliphatic heterocycles. The van der Waals surface area contributed by atoms with Crippen molar-refractivity contribution in [2.75, 3.05) is 36.5 Å². The lowest BCUT2D eigenvalue weighted by molar-refractivity contribution is 0.0985. The van der Waals surface area contributed by atoms with Crippen LogP contribution < -0.4 is 15.5 Å². The maximum atomic E-state index is 14.7. The fourth-order valence-electron chi connectivity index (χ4n) is 4.78. The highest BCUT2D eigenvalue weighted by molar-refractivity contribution is 8.25. The number of benzene rings is 2. The molecule has 1 aromatic heterocycles. The molecule has 3 aromatic rings. The first-order valence-corrected chi connectivity index (χ1v) is 14.4. The van der Waals surface area contributed by atoms with Gasteiger partial charge in [0.15, 0.2) is 5.82 Å². The molecule has 2 fully saturated rings. The van der Waals surface area contributed by atoms with Gasteiger partial charge in [0.2, 0.25) is 0 Å². The van der Waals surface area contributed by atoms with Crippen LogP contribution in [0.5, 0.6) is 0 Å². The zero-order chi connectivity index (χ0) is 29.4. The molecule has 1 saturated carbocycles. The van der Waals surface area contributed by atoms with E-state index in [1.54, 1.807) is 30.3 Å². The van der Waals surface area contributed by atoms with Crippen molar-refractivity contribution in [2.45, 2.75) is 41.9 Å². The van der Waals surface area contributed by atoms with Crippen LogP contribution in [0.1, 0.15) is 25.5 Å². The average molecular weight is 596 g/mol. The maximum Gasteiger partial charge on any atom is 0.319 e. The Morgan fingerprint density at radius 1 is 1.15 bits per heavy atom. The Morgan fingerprint density at radius 2 is 1.88 bits per heavy atom. The van der Waals surface area contributed by atoms with E-state index in [0.29, 0.717) is 61.4 Å². The summed E-state index contributed by atoms with van der Waals surface area (Å²) < 4.78 is 80.1. The number of carbonyl (C=O) groups is 1. The van der Waals surface area contributed by atoms with Crippen molar-refractivity contribution >= 4 is 28.1 Å². The SMILES string of the molecule is C[C@H]1COCCN1c1cc(C2(S(O)(O)c3ccc(F)cc3F)CC2)nc(-c2ccc(NC(=O)NCC(F)F)cc2)n1. The second-order valence-corrected chi connectivity index (χ2v) is 12.3. The zero-order valence-electron chi connectivity index (χ0n) is 22.0. The average Bonchev–Trinajstić information content (AvgIpc) is 3.75. The maximum absolute atomic E-state index is 14.7. The summed E-state index contributed by atoms with van der Waals surface area (Å²) in [6, 6.07) is 9.88. The molecule has 2 heterocycles. The van der Waals surface area contributed by atoms with Gasteiger partial charge in [-0.25, -0.2) is 32.3 Å². The van der Waals surface area contributed by atoms with Crippen LogP contribution in [0.25, 0.3) is 11.4 Å². The molecule has 1 aliphatic carbocycles. The molecule has 14 heteroatoms. The van der Waals surface area contributed by atoms with Crippen molar-refractivity contribution in [2.24, 2.45) is 0 Å². The minimum atomic E-state index is -3.80. The number of carbonyl (C=O) groups excluding carboxylic acids is 1. The molecule has 0 spiro atoms. The number of nitrogens with one attached hydrogen (secondary N) is 2. The molecule has 1 saturated heterocycles. The Kier molecular flexibility index (Phi) is 8.10. The second-order valence-electron chi connectivity index (χ2n) is 9.97. The summed E-state index contributed by atoms with van der Waals surface area (Å²) in [6.07, 6.45) is -2.04. The minimum Gasteiger partial charge on any atom is -0.377 e. The minimum absolute atomic E-state index is 0.0391. The van der Waals surface area contributed by atoms with E-state index in [2.05, 4.69) is 15.6 Å². The number of hydrogen-bond acceptors (Lipinski definition) is 7. The summed E-state index contributed by atoms with van der Waals surface area (Å²) in [5.41, 5.74) is 1.19. The monoisotopic (exact) mass is 595 g/mol. The van der Waals surface area contributed by atoms with Gasteiger partial charge in [0.25, 0.3) is 6.43 Å². The van der Waals surface area contributed by atoms with Gasteiger partial charge in [0.05, 0.1) is 36.4 Å². The zero-order valence-corrected chi connectivity index (χ0v) is 22.8. The number of anilines is 2. The number of urea groups is 1. The summed E-state index contributed by atoms with van der Waals surface area (Å²) in [6.45, 7) is 2.64. The van der Waals surface area contributed by atoms with Gasteiger partial charge in [-0.1, -0.05) is 0 Å². The normalized spacial score (nSPS) is 18.7. The third kappa shape index (κ3) is 5.96. The van der Waals surface area contributed by atoms with E-state index in [-0.39, 0.29) is 16.8 Å². The van der Waals surface area contributed by atoms with Crippen LogP contribution in [0.2, 0.25) is 0 Å². The topological polar surface area (TPSA) is 120 Å². The van der Waals surface area contributed by atoms with Crippen LogP contribution >= 0.6 is 10.6 Å². The second kappa shape index (κ2) is 11.4. The van der Waals surface area contributed by atoms with E-state index in [1.807, 2.05) is 11.8 Å². The number of nitrogens with zero attached hydrogens (tertiary/aromatic N) is 3. The summed E-state index contributed by atoms with van der Waals surface area (Å²) in [5, 5.41) is 4.52. The number of hydrogen-bond donors (Lipinski definition) is 4. The van der Waals surface area contributed by atoms with E-state index >= 15 is 0 Å². The molecule has 220 valence electrons. The molecule has 4 N–H and O–H groups in total. The molecule has 1 atom stereocenters. The Labute approximate surface area is 235 Å². The lowest BCUT2D eigenvalue weighted by Crippen LogP contribution is -2.44. The van der Waals surface area contributed by atoms with Gasteiger partial charge in [-0.3, -0.25) is 9.11 Å². The fraction of sp³-hybridized carbons (Fsp3) is 0.370. The Hall–Kier alpha value is -3.46. The molecule has 0 radical (unpaired) electrons. The van der Waals surface area contributed by atoms with Crippen molar-refractivity contribution in [1.29, 1.82) is 0 Å². The van der Waals surface area contributed by atoms with Crippen LogP contribution in [0.3, 0.4) is 0 Å². The van der Waals surface area contributed by atoms with E-state index in [1.165, 1.54) is 0 Å². The number of aromatic nitrogens is 2. The molecule has 0 bridgehead atoms. The molecule has 9 nitrogen and oxygen atoms in total. The molecule has 2 aliphatic rings. The third-order valence-corrected chi connectivity index (χ3v) is 9.76. The van der Waals surface area contributed by atoms with Crippen molar-refractivity contribution in [3.05, 3.63) is 65.9 Å². The van der Waals surface area contributed by atoms with Gasteiger partial charge in [0, 0.05) is 29.9 Å². The molecular weight excluding hydrogens is 566 g/mol. The van der Waals surface area contributed by atoms with Gasteiger partial charge < -0.3 is 20.3 Å². The first-order chi connectivity index (χ1) is 19.5. The van der Waals surface area contributed by atoms with Crippen molar-refractivity contribution in [3.63, 3.8) is 0 Å². The Morgan fingerprint density at radius 3 is 2.51 bits per heavy atom. The predicted molar refractivity (Wildman–Crippen MR) is 147 cm³/mol. The van der Waals surface area contributed by atoms with E-state index in [0.717, 1.165) is 12.1 Å². The van der Waals surface area contributed by atoms with Gasteiger partial charge in [-0.2, -0.15) is 10.6 Å². The molecule has 0 unspecified atom stereocenters. The number of rotatable bonds is 8. The van der Waals surface area contributed by atoms with Crippen LogP contribution in [0.4, 0.5) is 33.9 Å². The van der Waals surface area contributed by atoms with Crippen molar-refractivity contribution in [3.8, 4) is 11.4 Å². The van der Waals surface area contributed by atoms with Gasteiger partial charge in [-0.05, 0) is 56.2 Å². The number of halogens is 4. The van der Waals surface area contributed by atoms with E-state index < -0.39 is 46.0 Å². The van der Waals surface area contributed by atoms with Crippen LogP contribution in [-0.2, 0) is 9.48 Å². The quantitative estimate of drug-likeness (QED) is 0.242.